The molecule has 0 aliphatic carbocycles. The molecule has 1 heterocycles. The number of sulfonamides is 1. The second kappa shape index (κ2) is 6.89. The van der Waals surface area contributed by atoms with Crippen LogP contribution in [0, 0.1) is 0 Å². The Hall–Kier alpha value is -1.63. The number of phenols is 1. The number of hydrogen-bond donors (Lipinski definition) is 2. The molecule has 112 valence electrons. The number of aromatic nitrogens is 1. The largest absolute Gasteiger partial charge is 0.508 e. The molecular formula is C14H15ClN2O3S. The lowest BCUT2D eigenvalue weighted by molar-refractivity contribution is 0.475. The van der Waals surface area contributed by atoms with E-state index in [1.165, 1.54) is 18.3 Å². The van der Waals surface area contributed by atoms with Crippen molar-refractivity contribution in [2.24, 2.45) is 0 Å². The molecule has 2 aromatic rings. The lowest BCUT2D eigenvalue weighted by Gasteiger charge is -2.06. The lowest BCUT2D eigenvalue weighted by Crippen LogP contribution is -2.25. The number of aryl methyl sites for hydroxylation is 1. The maximum atomic E-state index is 12.0. The summed E-state index contributed by atoms with van der Waals surface area (Å²) in [6.07, 6.45) is 2.61. The molecule has 0 fully saturated rings. The van der Waals surface area contributed by atoms with Gasteiger partial charge in [-0.1, -0.05) is 23.7 Å². The van der Waals surface area contributed by atoms with Gasteiger partial charge in [0.25, 0.3) is 0 Å². The van der Waals surface area contributed by atoms with Crippen LogP contribution >= 0.6 is 11.6 Å². The first-order chi connectivity index (χ1) is 9.97. The molecule has 0 aliphatic rings. The molecule has 0 radical (unpaired) electrons. The highest BCUT2D eigenvalue weighted by molar-refractivity contribution is 7.89. The van der Waals surface area contributed by atoms with Gasteiger partial charge in [0, 0.05) is 12.7 Å². The molecule has 1 aromatic carbocycles. The fourth-order valence-electron chi connectivity index (χ4n) is 1.77. The van der Waals surface area contributed by atoms with Crippen molar-refractivity contribution in [3.05, 3.63) is 53.3 Å². The van der Waals surface area contributed by atoms with Crippen LogP contribution < -0.4 is 4.72 Å². The highest BCUT2D eigenvalue weighted by atomic mass is 35.5. The predicted molar refractivity (Wildman–Crippen MR) is 80.9 cm³/mol. The molecule has 0 bridgehead atoms. The van der Waals surface area contributed by atoms with Crippen LogP contribution in [0.25, 0.3) is 0 Å². The van der Waals surface area contributed by atoms with E-state index in [1.807, 2.05) is 12.1 Å². The SMILES string of the molecule is O=S(=O)(NCCCc1ccc(O)cc1)c1ccc(Cl)nc1. The molecule has 0 spiro atoms. The summed E-state index contributed by atoms with van der Waals surface area (Å²) < 4.78 is 26.5. The van der Waals surface area contributed by atoms with E-state index in [0.717, 1.165) is 12.0 Å². The van der Waals surface area contributed by atoms with Crippen molar-refractivity contribution in [3.63, 3.8) is 0 Å². The number of aromatic hydroxyl groups is 1. The van der Waals surface area contributed by atoms with Crippen molar-refractivity contribution in [1.29, 1.82) is 0 Å². The highest BCUT2D eigenvalue weighted by Crippen LogP contribution is 2.12. The highest BCUT2D eigenvalue weighted by Gasteiger charge is 2.13. The third-order valence-electron chi connectivity index (χ3n) is 2.88. The number of nitrogens with zero attached hydrogens (tertiary/aromatic N) is 1. The number of benzene rings is 1. The summed E-state index contributed by atoms with van der Waals surface area (Å²) >= 11 is 5.62. The molecule has 0 amide bonds. The normalized spacial score (nSPS) is 11.5. The van der Waals surface area contributed by atoms with Crippen LogP contribution in [-0.2, 0) is 16.4 Å². The molecule has 0 saturated heterocycles. The molecule has 21 heavy (non-hydrogen) atoms. The molecule has 0 aliphatic heterocycles. The van der Waals surface area contributed by atoms with E-state index in [9.17, 15) is 13.5 Å². The van der Waals surface area contributed by atoms with Gasteiger partial charge in [-0.15, -0.1) is 0 Å². The molecule has 2 rings (SSSR count). The maximum absolute atomic E-state index is 12.0. The van der Waals surface area contributed by atoms with E-state index in [2.05, 4.69) is 9.71 Å². The van der Waals surface area contributed by atoms with Crippen LogP contribution in [-0.4, -0.2) is 25.1 Å². The molecule has 0 unspecified atom stereocenters. The van der Waals surface area contributed by atoms with Crippen LogP contribution in [0.15, 0.2) is 47.5 Å². The minimum Gasteiger partial charge on any atom is -0.508 e. The van der Waals surface area contributed by atoms with Gasteiger partial charge in [-0.2, -0.15) is 0 Å². The fraction of sp³-hybridized carbons (Fsp3) is 0.214. The molecular weight excluding hydrogens is 312 g/mol. The molecule has 1 aromatic heterocycles. The third-order valence-corrected chi connectivity index (χ3v) is 4.55. The molecule has 7 heteroatoms. The van der Waals surface area contributed by atoms with Crippen LogP contribution in [0.3, 0.4) is 0 Å². The number of pyridine rings is 1. The summed E-state index contributed by atoms with van der Waals surface area (Å²) in [5.41, 5.74) is 1.04. The standard InChI is InChI=1S/C14H15ClN2O3S/c15-14-8-7-13(10-16-14)21(19,20)17-9-1-2-11-3-5-12(18)6-4-11/h3-8,10,17-18H,1-2,9H2. The topological polar surface area (TPSA) is 79.3 Å². The quantitative estimate of drug-likeness (QED) is 0.631. The zero-order valence-electron chi connectivity index (χ0n) is 11.2. The molecule has 2 N–H and O–H groups in total. The molecule has 0 saturated carbocycles. The van der Waals surface area contributed by atoms with Gasteiger partial charge >= 0.3 is 0 Å². The van der Waals surface area contributed by atoms with E-state index < -0.39 is 10.0 Å². The van der Waals surface area contributed by atoms with Crippen LogP contribution in [0.2, 0.25) is 5.15 Å². The minimum atomic E-state index is -3.55. The van der Waals surface area contributed by atoms with Crippen molar-refractivity contribution < 1.29 is 13.5 Å². The number of hydrogen-bond acceptors (Lipinski definition) is 4. The van der Waals surface area contributed by atoms with Gasteiger partial charge in [0.2, 0.25) is 10.0 Å². The summed E-state index contributed by atoms with van der Waals surface area (Å²) in [5.74, 6) is 0.217. The van der Waals surface area contributed by atoms with Crippen molar-refractivity contribution in [3.8, 4) is 5.75 Å². The first-order valence-corrected chi connectivity index (χ1v) is 8.22. The number of phenolic OH excluding ortho intramolecular Hbond substituents is 1. The summed E-state index contributed by atoms with van der Waals surface area (Å²) in [7, 11) is -3.55. The van der Waals surface area contributed by atoms with Crippen LogP contribution in [0.5, 0.6) is 5.75 Å². The molecule has 5 nitrogen and oxygen atoms in total. The van der Waals surface area contributed by atoms with Gasteiger partial charge in [-0.05, 0) is 42.7 Å². The Labute approximate surface area is 128 Å². The third kappa shape index (κ3) is 4.70. The van der Waals surface area contributed by atoms with Gasteiger partial charge in [-0.3, -0.25) is 0 Å². The Morgan fingerprint density at radius 2 is 1.86 bits per heavy atom. The first-order valence-electron chi connectivity index (χ1n) is 6.36. The number of rotatable bonds is 6. The molecule has 0 atom stereocenters. The van der Waals surface area contributed by atoms with Gasteiger partial charge in [-0.25, -0.2) is 18.1 Å². The minimum absolute atomic E-state index is 0.0940. The fourth-order valence-corrected chi connectivity index (χ4v) is 2.90. The van der Waals surface area contributed by atoms with E-state index in [4.69, 9.17) is 11.6 Å². The van der Waals surface area contributed by atoms with Gasteiger partial charge in [0.05, 0.1) is 0 Å². The smallest absolute Gasteiger partial charge is 0.242 e. The Morgan fingerprint density at radius 1 is 1.14 bits per heavy atom. The first kappa shape index (κ1) is 15.8. The number of nitrogens with one attached hydrogen (secondary N) is 1. The second-order valence-corrected chi connectivity index (χ2v) is 6.64. The van der Waals surface area contributed by atoms with E-state index in [0.29, 0.717) is 13.0 Å². The summed E-state index contributed by atoms with van der Waals surface area (Å²) in [5, 5.41) is 9.42. The van der Waals surface area contributed by atoms with Crippen molar-refractivity contribution in [2.75, 3.05) is 6.54 Å². The Balaban J connectivity index is 1.85. The zero-order valence-corrected chi connectivity index (χ0v) is 12.7. The van der Waals surface area contributed by atoms with Gasteiger partial charge in [0.15, 0.2) is 0 Å². The maximum Gasteiger partial charge on any atom is 0.242 e. The van der Waals surface area contributed by atoms with Crippen LogP contribution in [0.1, 0.15) is 12.0 Å². The lowest BCUT2D eigenvalue weighted by atomic mass is 10.1. The number of halogens is 1. The summed E-state index contributed by atoms with van der Waals surface area (Å²) in [6, 6.07) is 9.70. The Bertz CT molecular complexity index is 685. The van der Waals surface area contributed by atoms with Gasteiger partial charge in [0.1, 0.15) is 15.8 Å². The average Bonchev–Trinajstić information content (AvgIpc) is 2.46. The predicted octanol–water partition coefficient (Wildman–Crippen LogP) is 2.35. The van der Waals surface area contributed by atoms with Crippen LogP contribution in [0.4, 0.5) is 0 Å². The van der Waals surface area contributed by atoms with Crippen molar-refractivity contribution in [1.82, 2.24) is 9.71 Å². The second-order valence-electron chi connectivity index (χ2n) is 4.48. The van der Waals surface area contributed by atoms with Gasteiger partial charge < -0.3 is 5.11 Å². The monoisotopic (exact) mass is 326 g/mol. The van der Waals surface area contributed by atoms with E-state index in [1.54, 1.807) is 12.1 Å². The zero-order chi connectivity index (χ0) is 15.3. The average molecular weight is 327 g/mol. The van der Waals surface area contributed by atoms with E-state index in [-0.39, 0.29) is 15.8 Å². The Kier molecular flexibility index (Phi) is 5.17. The summed E-state index contributed by atoms with van der Waals surface area (Å²) in [4.78, 5) is 3.85. The van der Waals surface area contributed by atoms with Crippen molar-refractivity contribution in [2.45, 2.75) is 17.7 Å². The van der Waals surface area contributed by atoms with E-state index >= 15 is 0 Å². The Morgan fingerprint density at radius 3 is 2.48 bits per heavy atom. The summed E-state index contributed by atoms with van der Waals surface area (Å²) in [6.45, 7) is 0.325. The van der Waals surface area contributed by atoms with Crippen molar-refractivity contribution >= 4 is 21.6 Å².